The van der Waals surface area contributed by atoms with Gasteiger partial charge in [0.05, 0.1) is 15.5 Å². The number of carboxylic acid groups (broad SMARTS) is 1. The quantitative estimate of drug-likeness (QED) is 0.885. The highest BCUT2D eigenvalue weighted by atomic mass is 35.5. The molecule has 0 fully saturated rings. The Labute approximate surface area is 98.8 Å². The number of aliphatic carboxylic acids is 1. The fourth-order valence-electron chi connectivity index (χ4n) is 1.24. The molecule has 0 atom stereocenters. The van der Waals surface area contributed by atoms with Gasteiger partial charge in [-0.15, -0.1) is 0 Å². The zero-order valence-electron chi connectivity index (χ0n) is 8.55. The molecule has 0 amide bonds. The number of hydrogen-bond acceptors (Lipinski definition) is 1. The largest absolute Gasteiger partial charge is 0.481 e. The SMILES string of the molecule is CC(C)(Cc1cccc(Cl)c1Cl)C(=O)O. The molecule has 1 rings (SSSR count). The highest BCUT2D eigenvalue weighted by Gasteiger charge is 2.28. The summed E-state index contributed by atoms with van der Waals surface area (Å²) in [6.45, 7) is 3.32. The highest BCUT2D eigenvalue weighted by Crippen LogP contribution is 2.31. The third-order valence-electron chi connectivity index (χ3n) is 2.24. The average Bonchev–Trinajstić information content (AvgIpc) is 2.12. The second-order valence-corrected chi connectivity index (χ2v) is 4.86. The first-order valence-electron chi connectivity index (χ1n) is 4.51. The van der Waals surface area contributed by atoms with Crippen LogP contribution in [0.1, 0.15) is 19.4 Å². The van der Waals surface area contributed by atoms with Gasteiger partial charge in [-0.25, -0.2) is 0 Å². The molecule has 0 aliphatic heterocycles. The van der Waals surface area contributed by atoms with Gasteiger partial charge >= 0.3 is 5.97 Å². The lowest BCUT2D eigenvalue weighted by Gasteiger charge is -2.19. The molecule has 0 aliphatic carbocycles. The highest BCUT2D eigenvalue weighted by molar-refractivity contribution is 6.42. The molecule has 1 N–H and O–H groups in total. The molecule has 0 saturated carbocycles. The normalized spacial score (nSPS) is 11.5. The summed E-state index contributed by atoms with van der Waals surface area (Å²) < 4.78 is 0. The van der Waals surface area contributed by atoms with Crippen LogP contribution in [0.2, 0.25) is 10.0 Å². The molecule has 0 bridgehead atoms. The first-order chi connectivity index (χ1) is 6.84. The molecule has 0 spiro atoms. The summed E-state index contributed by atoms with van der Waals surface area (Å²) in [7, 11) is 0. The number of halogens is 2. The summed E-state index contributed by atoms with van der Waals surface area (Å²) in [5.74, 6) is -0.849. The molecular weight excluding hydrogens is 235 g/mol. The third-order valence-corrected chi connectivity index (χ3v) is 3.10. The average molecular weight is 247 g/mol. The zero-order valence-corrected chi connectivity index (χ0v) is 10.1. The van der Waals surface area contributed by atoms with Crippen LogP contribution in [-0.4, -0.2) is 11.1 Å². The lowest BCUT2D eigenvalue weighted by Crippen LogP contribution is -2.26. The molecule has 1 aromatic carbocycles. The minimum atomic E-state index is -0.849. The second kappa shape index (κ2) is 4.42. The third kappa shape index (κ3) is 2.86. The topological polar surface area (TPSA) is 37.3 Å². The van der Waals surface area contributed by atoms with Gasteiger partial charge in [0.25, 0.3) is 0 Å². The maximum absolute atomic E-state index is 10.9. The van der Waals surface area contributed by atoms with E-state index in [-0.39, 0.29) is 0 Å². The second-order valence-electron chi connectivity index (χ2n) is 4.08. The van der Waals surface area contributed by atoms with Crippen LogP contribution in [0, 0.1) is 5.41 Å². The van der Waals surface area contributed by atoms with E-state index in [2.05, 4.69) is 0 Å². The van der Waals surface area contributed by atoms with E-state index in [4.69, 9.17) is 28.3 Å². The van der Waals surface area contributed by atoms with E-state index in [9.17, 15) is 4.79 Å². The Morgan fingerprint density at radius 3 is 2.53 bits per heavy atom. The van der Waals surface area contributed by atoms with Crippen molar-refractivity contribution in [2.75, 3.05) is 0 Å². The van der Waals surface area contributed by atoms with Crippen LogP contribution < -0.4 is 0 Å². The molecule has 15 heavy (non-hydrogen) atoms. The number of carbonyl (C=O) groups is 1. The van der Waals surface area contributed by atoms with Crippen LogP contribution in [0.3, 0.4) is 0 Å². The smallest absolute Gasteiger partial charge is 0.309 e. The molecule has 2 nitrogen and oxygen atoms in total. The van der Waals surface area contributed by atoms with Gasteiger partial charge in [0, 0.05) is 0 Å². The maximum Gasteiger partial charge on any atom is 0.309 e. The van der Waals surface area contributed by atoms with Crippen molar-refractivity contribution in [1.82, 2.24) is 0 Å². The minimum Gasteiger partial charge on any atom is -0.481 e. The van der Waals surface area contributed by atoms with Crippen LogP contribution in [0.25, 0.3) is 0 Å². The summed E-state index contributed by atoms with van der Waals surface area (Å²) in [4.78, 5) is 10.9. The van der Waals surface area contributed by atoms with Crippen molar-refractivity contribution in [2.45, 2.75) is 20.3 Å². The van der Waals surface area contributed by atoms with Crippen LogP contribution in [0.4, 0.5) is 0 Å². The summed E-state index contributed by atoms with van der Waals surface area (Å²) >= 11 is 11.8. The number of hydrogen-bond donors (Lipinski definition) is 1. The Kier molecular flexibility index (Phi) is 3.63. The number of benzene rings is 1. The molecule has 0 unspecified atom stereocenters. The van der Waals surface area contributed by atoms with E-state index >= 15 is 0 Å². The Balaban J connectivity index is 3.00. The van der Waals surface area contributed by atoms with Gasteiger partial charge in [-0.05, 0) is 31.9 Å². The van der Waals surface area contributed by atoms with E-state index in [1.807, 2.05) is 0 Å². The summed E-state index contributed by atoms with van der Waals surface area (Å²) in [5, 5.41) is 9.88. The maximum atomic E-state index is 10.9. The van der Waals surface area contributed by atoms with Crippen molar-refractivity contribution in [1.29, 1.82) is 0 Å². The fourth-order valence-corrected chi connectivity index (χ4v) is 1.62. The van der Waals surface area contributed by atoms with Crippen molar-refractivity contribution in [3.05, 3.63) is 33.8 Å². The van der Waals surface area contributed by atoms with Crippen LogP contribution in [0.5, 0.6) is 0 Å². The van der Waals surface area contributed by atoms with Crippen LogP contribution in [-0.2, 0) is 11.2 Å². The number of carboxylic acids is 1. The van der Waals surface area contributed by atoms with E-state index in [1.54, 1.807) is 32.0 Å². The van der Waals surface area contributed by atoms with Gasteiger partial charge in [0.2, 0.25) is 0 Å². The monoisotopic (exact) mass is 246 g/mol. The van der Waals surface area contributed by atoms with Gasteiger partial charge in [-0.1, -0.05) is 35.3 Å². The van der Waals surface area contributed by atoms with Crippen LogP contribution in [0.15, 0.2) is 18.2 Å². The molecule has 0 radical (unpaired) electrons. The molecular formula is C11H12Cl2O2. The van der Waals surface area contributed by atoms with Gasteiger partial charge in [0.15, 0.2) is 0 Å². The van der Waals surface area contributed by atoms with Gasteiger partial charge in [-0.3, -0.25) is 4.79 Å². The van der Waals surface area contributed by atoms with Crippen molar-refractivity contribution in [3.63, 3.8) is 0 Å². The fraction of sp³-hybridized carbons (Fsp3) is 0.364. The first kappa shape index (κ1) is 12.3. The lowest BCUT2D eigenvalue weighted by atomic mass is 9.86. The summed E-state index contributed by atoms with van der Waals surface area (Å²) in [6.07, 6.45) is 0.363. The van der Waals surface area contributed by atoms with Crippen molar-refractivity contribution < 1.29 is 9.90 Å². The van der Waals surface area contributed by atoms with Crippen molar-refractivity contribution in [2.24, 2.45) is 5.41 Å². The Morgan fingerprint density at radius 1 is 1.40 bits per heavy atom. The van der Waals surface area contributed by atoms with E-state index in [1.165, 1.54) is 0 Å². The lowest BCUT2D eigenvalue weighted by molar-refractivity contribution is -0.146. The van der Waals surface area contributed by atoms with Crippen LogP contribution >= 0.6 is 23.2 Å². The van der Waals surface area contributed by atoms with E-state index in [0.29, 0.717) is 16.5 Å². The molecule has 1 aromatic rings. The van der Waals surface area contributed by atoms with Crippen molar-refractivity contribution in [3.8, 4) is 0 Å². The molecule has 0 saturated heterocycles. The predicted octanol–water partition coefficient (Wildman–Crippen LogP) is 3.65. The van der Waals surface area contributed by atoms with Gasteiger partial charge < -0.3 is 5.11 Å². The Morgan fingerprint density at radius 2 is 2.00 bits per heavy atom. The molecule has 4 heteroatoms. The molecule has 82 valence electrons. The van der Waals surface area contributed by atoms with Gasteiger partial charge in [-0.2, -0.15) is 0 Å². The summed E-state index contributed by atoms with van der Waals surface area (Å²) in [6, 6.07) is 5.24. The van der Waals surface area contributed by atoms with Crippen molar-refractivity contribution >= 4 is 29.2 Å². The minimum absolute atomic E-state index is 0.363. The predicted molar refractivity (Wildman–Crippen MR) is 61.6 cm³/mol. The molecule has 0 aliphatic rings. The van der Waals surface area contributed by atoms with E-state index in [0.717, 1.165) is 5.56 Å². The molecule has 0 aromatic heterocycles. The number of rotatable bonds is 3. The Bertz CT molecular complexity index is 386. The Hall–Kier alpha value is -0.730. The molecule has 0 heterocycles. The zero-order chi connectivity index (χ0) is 11.6. The standard InChI is InChI=1S/C11H12Cl2O2/c1-11(2,10(14)15)6-7-4-3-5-8(12)9(7)13/h3-5H,6H2,1-2H3,(H,14,15). The summed E-state index contributed by atoms with van der Waals surface area (Å²) in [5.41, 5.74) is -0.0783. The van der Waals surface area contributed by atoms with E-state index < -0.39 is 11.4 Å². The first-order valence-corrected chi connectivity index (χ1v) is 5.26. The van der Waals surface area contributed by atoms with Gasteiger partial charge in [0.1, 0.15) is 0 Å².